The Kier molecular flexibility index (Phi) is 5.39. The second-order valence-corrected chi connectivity index (χ2v) is 4.22. The first-order valence-corrected chi connectivity index (χ1v) is 6.06. The second-order valence-electron chi connectivity index (χ2n) is 4.22. The molecular formula is C12H17N3O5. The zero-order chi connectivity index (χ0) is 15.3. The number of aromatic nitrogens is 2. The van der Waals surface area contributed by atoms with Crippen LogP contribution in [0.2, 0.25) is 0 Å². The van der Waals surface area contributed by atoms with Crippen LogP contribution in [0.4, 0.5) is 0 Å². The lowest BCUT2D eigenvalue weighted by molar-refractivity contribution is -0.141. The first-order valence-electron chi connectivity index (χ1n) is 6.06. The van der Waals surface area contributed by atoms with Gasteiger partial charge in [-0.05, 0) is 6.42 Å². The number of carboxylic acid groups (broad SMARTS) is 1. The van der Waals surface area contributed by atoms with E-state index in [4.69, 9.17) is 15.6 Å². The first kappa shape index (κ1) is 15.8. The Morgan fingerprint density at radius 3 is 2.50 bits per heavy atom. The number of carbonyl (C=O) groups excluding carboxylic acids is 2. The number of aryl methyl sites for hydroxylation is 2. The van der Waals surface area contributed by atoms with Crippen molar-refractivity contribution in [3.63, 3.8) is 0 Å². The van der Waals surface area contributed by atoms with Crippen LogP contribution in [-0.4, -0.2) is 45.8 Å². The summed E-state index contributed by atoms with van der Waals surface area (Å²) in [5.41, 5.74) is 5.85. The molecule has 0 atom stereocenters. The standard InChI is InChI=1S/C12H17N3O5/c1-3-4-7-10(8(16)5-20-6-9(17)18)11(12(13)19)15(2)14-7/h3-6H2,1-2H3,(H2,13,19)(H,17,18). The van der Waals surface area contributed by atoms with Gasteiger partial charge in [0.25, 0.3) is 5.91 Å². The minimum atomic E-state index is -1.17. The molecule has 0 spiro atoms. The Morgan fingerprint density at radius 1 is 1.35 bits per heavy atom. The summed E-state index contributed by atoms with van der Waals surface area (Å²) < 4.78 is 6.01. The number of nitrogens with two attached hydrogens (primary N) is 1. The number of ether oxygens (including phenoxy) is 1. The van der Waals surface area contributed by atoms with Gasteiger partial charge in [-0.15, -0.1) is 0 Å². The highest BCUT2D eigenvalue weighted by atomic mass is 16.5. The number of rotatable bonds is 8. The number of Topliss-reactive ketones (excluding diaryl/α,β-unsaturated/α-hetero) is 1. The van der Waals surface area contributed by atoms with Gasteiger partial charge in [0.15, 0.2) is 5.78 Å². The number of amides is 1. The molecule has 1 rings (SSSR count). The topological polar surface area (TPSA) is 125 Å². The number of hydrogen-bond acceptors (Lipinski definition) is 5. The monoisotopic (exact) mass is 283 g/mol. The minimum Gasteiger partial charge on any atom is -0.480 e. The van der Waals surface area contributed by atoms with E-state index >= 15 is 0 Å². The maximum absolute atomic E-state index is 12.1. The predicted molar refractivity (Wildman–Crippen MR) is 68.5 cm³/mol. The Labute approximate surface area is 115 Å². The Balaban J connectivity index is 3.03. The Morgan fingerprint density at radius 2 is 2.00 bits per heavy atom. The molecule has 0 aliphatic heterocycles. The van der Waals surface area contributed by atoms with Crippen molar-refractivity contribution < 1.29 is 24.2 Å². The number of carbonyl (C=O) groups is 3. The predicted octanol–water partition coefficient (Wildman–Crippen LogP) is -0.245. The molecule has 8 nitrogen and oxygen atoms in total. The van der Waals surface area contributed by atoms with Crippen molar-refractivity contribution >= 4 is 17.7 Å². The van der Waals surface area contributed by atoms with Gasteiger partial charge >= 0.3 is 5.97 Å². The minimum absolute atomic E-state index is 0.0115. The molecular weight excluding hydrogens is 266 g/mol. The summed E-state index contributed by atoms with van der Waals surface area (Å²) >= 11 is 0. The molecule has 1 heterocycles. The highest BCUT2D eigenvalue weighted by Gasteiger charge is 2.25. The number of hydrogen-bond donors (Lipinski definition) is 2. The number of ketones is 1. The van der Waals surface area contributed by atoms with Crippen molar-refractivity contribution in [3.8, 4) is 0 Å². The summed E-state index contributed by atoms with van der Waals surface area (Å²) in [5.74, 6) is -2.44. The fourth-order valence-electron chi connectivity index (χ4n) is 1.87. The quantitative estimate of drug-likeness (QED) is 0.634. The molecule has 0 saturated heterocycles. The van der Waals surface area contributed by atoms with Crippen LogP contribution in [0.3, 0.4) is 0 Å². The fourth-order valence-corrected chi connectivity index (χ4v) is 1.87. The average molecular weight is 283 g/mol. The molecule has 1 aromatic rings. The lowest BCUT2D eigenvalue weighted by Crippen LogP contribution is -2.22. The normalized spacial score (nSPS) is 10.5. The van der Waals surface area contributed by atoms with Crippen LogP contribution in [0.15, 0.2) is 0 Å². The van der Waals surface area contributed by atoms with Gasteiger partial charge in [0.1, 0.15) is 18.9 Å². The van der Waals surface area contributed by atoms with E-state index in [1.54, 1.807) is 0 Å². The number of carboxylic acids is 1. The van der Waals surface area contributed by atoms with Crippen molar-refractivity contribution in [1.82, 2.24) is 9.78 Å². The van der Waals surface area contributed by atoms with Gasteiger partial charge in [0.2, 0.25) is 0 Å². The largest absolute Gasteiger partial charge is 0.480 e. The molecule has 0 aliphatic rings. The number of nitrogens with zero attached hydrogens (tertiary/aromatic N) is 2. The van der Waals surface area contributed by atoms with Crippen molar-refractivity contribution in [1.29, 1.82) is 0 Å². The molecule has 110 valence electrons. The average Bonchev–Trinajstić information content (AvgIpc) is 2.65. The van der Waals surface area contributed by atoms with Crippen LogP contribution >= 0.6 is 0 Å². The fraction of sp³-hybridized carbons (Fsp3) is 0.500. The molecule has 1 aromatic heterocycles. The summed E-state index contributed by atoms with van der Waals surface area (Å²) in [7, 11) is 1.52. The zero-order valence-corrected chi connectivity index (χ0v) is 11.4. The maximum atomic E-state index is 12.1. The van der Waals surface area contributed by atoms with Gasteiger partial charge in [0.05, 0.1) is 11.3 Å². The third-order valence-corrected chi connectivity index (χ3v) is 2.58. The second kappa shape index (κ2) is 6.80. The Bertz CT molecular complexity index is 535. The molecule has 8 heteroatoms. The first-order chi connectivity index (χ1) is 9.38. The van der Waals surface area contributed by atoms with E-state index in [9.17, 15) is 14.4 Å². The van der Waals surface area contributed by atoms with Gasteiger partial charge in [-0.25, -0.2) is 4.79 Å². The van der Waals surface area contributed by atoms with E-state index in [0.717, 1.165) is 6.42 Å². The summed E-state index contributed by atoms with van der Waals surface area (Å²) in [4.78, 5) is 33.8. The molecule has 20 heavy (non-hydrogen) atoms. The molecule has 3 N–H and O–H groups in total. The molecule has 0 aliphatic carbocycles. The Hall–Kier alpha value is -2.22. The van der Waals surface area contributed by atoms with E-state index in [2.05, 4.69) is 5.10 Å². The van der Waals surface area contributed by atoms with Crippen molar-refractivity contribution in [2.45, 2.75) is 19.8 Å². The molecule has 0 fully saturated rings. The van der Waals surface area contributed by atoms with Gasteiger partial charge in [0, 0.05) is 7.05 Å². The molecule has 0 unspecified atom stereocenters. The van der Waals surface area contributed by atoms with Crippen LogP contribution in [0.5, 0.6) is 0 Å². The van der Waals surface area contributed by atoms with Crippen molar-refractivity contribution in [2.75, 3.05) is 13.2 Å². The van der Waals surface area contributed by atoms with Gasteiger partial charge in [-0.2, -0.15) is 5.10 Å². The van der Waals surface area contributed by atoms with E-state index in [0.29, 0.717) is 12.1 Å². The lowest BCUT2D eigenvalue weighted by Gasteiger charge is -2.04. The van der Waals surface area contributed by atoms with Gasteiger partial charge < -0.3 is 15.6 Å². The van der Waals surface area contributed by atoms with Gasteiger partial charge in [-0.3, -0.25) is 14.3 Å². The summed E-state index contributed by atoms with van der Waals surface area (Å²) in [6.45, 7) is 0.893. The van der Waals surface area contributed by atoms with E-state index < -0.39 is 30.9 Å². The summed E-state index contributed by atoms with van der Waals surface area (Å²) in [5, 5.41) is 12.6. The van der Waals surface area contributed by atoms with E-state index in [1.165, 1.54) is 11.7 Å². The molecule has 0 radical (unpaired) electrons. The van der Waals surface area contributed by atoms with Crippen molar-refractivity contribution in [3.05, 3.63) is 17.0 Å². The summed E-state index contributed by atoms with van der Waals surface area (Å²) in [6.07, 6.45) is 1.26. The van der Waals surface area contributed by atoms with Crippen LogP contribution in [-0.2, 0) is 23.0 Å². The smallest absolute Gasteiger partial charge is 0.329 e. The summed E-state index contributed by atoms with van der Waals surface area (Å²) in [6, 6.07) is 0. The number of primary amides is 1. The molecule has 0 saturated carbocycles. The number of aliphatic carboxylic acids is 1. The molecule has 1 amide bonds. The third-order valence-electron chi connectivity index (χ3n) is 2.58. The molecule has 0 aromatic carbocycles. The van der Waals surface area contributed by atoms with Crippen molar-refractivity contribution in [2.24, 2.45) is 12.8 Å². The van der Waals surface area contributed by atoms with Crippen LogP contribution in [0, 0.1) is 0 Å². The van der Waals surface area contributed by atoms with E-state index in [-0.39, 0.29) is 11.3 Å². The molecule has 0 bridgehead atoms. The lowest BCUT2D eigenvalue weighted by atomic mass is 10.0. The van der Waals surface area contributed by atoms with Crippen LogP contribution in [0.25, 0.3) is 0 Å². The third kappa shape index (κ3) is 3.64. The SMILES string of the molecule is CCCc1nn(C)c(C(N)=O)c1C(=O)COCC(=O)O. The maximum Gasteiger partial charge on any atom is 0.329 e. The highest BCUT2D eigenvalue weighted by Crippen LogP contribution is 2.16. The zero-order valence-electron chi connectivity index (χ0n) is 11.4. The van der Waals surface area contributed by atoms with Gasteiger partial charge in [-0.1, -0.05) is 13.3 Å². The van der Waals surface area contributed by atoms with E-state index in [1.807, 2.05) is 6.92 Å². The van der Waals surface area contributed by atoms with Crippen LogP contribution in [0.1, 0.15) is 39.9 Å². The van der Waals surface area contributed by atoms with Crippen LogP contribution < -0.4 is 5.73 Å². The highest BCUT2D eigenvalue weighted by molar-refractivity contribution is 6.08.